The van der Waals surface area contributed by atoms with Crippen molar-refractivity contribution in [3.05, 3.63) is 24.3 Å². The summed E-state index contributed by atoms with van der Waals surface area (Å²) in [5.74, 6) is 0.444. The Balaban J connectivity index is 2.37. The summed E-state index contributed by atoms with van der Waals surface area (Å²) in [6, 6.07) is 6.71. The lowest BCUT2D eigenvalue weighted by atomic mass is 10.0. The summed E-state index contributed by atoms with van der Waals surface area (Å²) in [6.07, 6.45) is 0.334. The standard InChI is InChI=1S/C15H20N2O3/c1-15(2,3)16-9-8-13(18)17(14(16)19)11-6-5-7-12(10-11)20-4/h5-7,10H,8-9H2,1-4H3. The Labute approximate surface area is 119 Å². The lowest BCUT2D eigenvalue weighted by Crippen LogP contribution is -2.58. The molecule has 5 nitrogen and oxygen atoms in total. The Hall–Kier alpha value is -2.04. The Morgan fingerprint density at radius 2 is 1.90 bits per heavy atom. The molecule has 0 spiro atoms. The largest absolute Gasteiger partial charge is 0.497 e. The van der Waals surface area contributed by atoms with Crippen LogP contribution in [0, 0.1) is 0 Å². The van der Waals surface area contributed by atoms with Crippen LogP contribution >= 0.6 is 0 Å². The number of carbonyl (C=O) groups excluding carboxylic acids is 2. The van der Waals surface area contributed by atoms with Gasteiger partial charge in [-0.15, -0.1) is 0 Å². The van der Waals surface area contributed by atoms with E-state index in [1.165, 1.54) is 4.90 Å². The summed E-state index contributed by atoms with van der Waals surface area (Å²) in [5, 5.41) is 0. The molecule has 0 radical (unpaired) electrons. The molecular weight excluding hydrogens is 256 g/mol. The zero-order valence-corrected chi connectivity index (χ0v) is 12.3. The van der Waals surface area contributed by atoms with Crippen molar-refractivity contribution in [1.29, 1.82) is 0 Å². The molecule has 0 atom stereocenters. The van der Waals surface area contributed by atoms with Gasteiger partial charge in [0.25, 0.3) is 0 Å². The molecule has 108 valence electrons. The second-order valence-corrected chi connectivity index (χ2v) is 5.79. The number of ether oxygens (including phenoxy) is 1. The summed E-state index contributed by atoms with van der Waals surface area (Å²) in [6.45, 7) is 6.35. The highest BCUT2D eigenvalue weighted by Crippen LogP contribution is 2.28. The van der Waals surface area contributed by atoms with Gasteiger partial charge in [0.05, 0.1) is 12.8 Å². The number of methoxy groups -OCH3 is 1. The number of urea groups is 1. The smallest absolute Gasteiger partial charge is 0.331 e. The molecule has 20 heavy (non-hydrogen) atoms. The molecule has 1 aromatic rings. The van der Waals surface area contributed by atoms with Crippen molar-refractivity contribution in [2.45, 2.75) is 32.7 Å². The van der Waals surface area contributed by atoms with Crippen molar-refractivity contribution >= 4 is 17.6 Å². The van der Waals surface area contributed by atoms with Gasteiger partial charge in [-0.05, 0) is 32.9 Å². The second kappa shape index (κ2) is 5.15. The van der Waals surface area contributed by atoms with Gasteiger partial charge in [0.15, 0.2) is 0 Å². The molecule has 1 heterocycles. The monoisotopic (exact) mass is 276 g/mol. The highest BCUT2D eigenvalue weighted by molar-refractivity contribution is 6.16. The van der Waals surface area contributed by atoms with E-state index in [0.29, 0.717) is 24.4 Å². The predicted molar refractivity (Wildman–Crippen MR) is 77.0 cm³/mol. The van der Waals surface area contributed by atoms with E-state index in [1.54, 1.807) is 36.3 Å². The Morgan fingerprint density at radius 3 is 2.50 bits per heavy atom. The maximum absolute atomic E-state index is 12.6. The molecule has 1 aliphatic heterocycles. The van der Waals surface area contributed by atoms with Crippen molar-refractivity contribution < 1.29 is 14.3 Å². The third-order valence-corrected chi connectivity index (χ3v) is 3.34. The minimum atomic E-state index is -0.311. The number of hydrogen-bond acceptors (Lipinski definition) is 3. The molecule has 1 aromatic carbocycles. The Kier molecular flexibility index (Phi) is 3.70. The van der Waals surface area contributed by atoms with Crippen LogP contribution in [0.4, 0.5) is 10.5 Å². The molecule has 1 fully saturated rings. The molecule has 3 amide bonds. The van der Waals surface area contributed by atoms with Gasteiger partial charge in [-0.25, -0.2) is 9.69 Å². The van der Waals surface area contributed by atoms with Crippen LogP contribution in [0.2, 0.25) is 0 Å². The minimum Gasteiger partial charge on any atom is -0.497 e. The summed E-state index contributed by atoms with van der Waals surface area (Å²) < 4.78 is 5.15. The number of benzene rings is 1. The third-order valence-electron chi connectivity index (χ3n) is 3.34. The van der Waals surface area contributed by atoms with Crippen molar-refractivity contribution in [1.82, 2.24) is 4.90 Å². The highest BCUT2D eigenvalue weighted by Gasteiger charge is 2.38. The van der Waals surface area contributed by atoms with Gasteiger partial charge in [0.1, 0.15) is 5.75 Å². The van der Waals surface area contributed by atoms with Crippen LogP contribution in [0.3, 0.4) is 0 Å². The molecule has 0 aliphatic carbocycles. The fraction of sp³-hybridized carbons (Fsp3) is 0.467. The van der Waals surface area contributed by atoms with Gasteiger partial charge in [0, 0.05) is 24.6 Å². The average Bonchev–Trinajstić information content (AvgIpc) is 2.37. The van der Waals surface area contributed by atoms with Gasteiger partial charge in [-0.2, -0.15) is 0 Å². The van der Waals surface area contributed by atoms with E-state index >= 15 is 0 Å². The number of amides is 3. The fourth-order valence-corrected chi connectivity index (χ4v) is 2.27. The van der Waals surface area contributed by atoms with Crippen LogP contribution in [0.25, 0.3) is 0 Å². The maximum atomic E-state index is 12.6. The molecule has 1 aliphatic rings. The molecular formula is C15H20N2O3. The molecule has 0 aromatic heterocycles. The predicted octanol–water partition coefficient (Wildman–Crippen LogP) is 2.65. The maximum Gasteiger partial charge on any atom is 0.331 e. The quantitative estimate of drug-likeness (QED) is 0.834. The molecule has 0 bridgehead atoms. The molecule has 0 N–H and O–H groups in total. The van der Waals surface area contributed by atoms with Crippen molar-refractivity contribution in [2.75, 3.05) is 18.6 Å². The van der Waals surface area contributed by atoms with Gasteiger partial charge >= 0.3 is 6.03 Å². The lowest BCUT2D eigenvalue weighted by molar-refractivity contribution is -0.119. The number of nitrogens with zero attached hydrogens (tertiary/aromatic N) is 2. The van der Waals surface area contributed by atoms with E-state index in [-0.39, 0.29) is 17.5 Å². The molecule has 0 unspecified atom stereocenters. The Bertz CT molecular complexity index is 534. The molecule has 2 rings (SSSR count). The van der Waals surface area contributed by atoms with E-state index in [1.807, 2.05) is 20.8 Å². The van der Waals surface area contributed by atoms with E-state index in [4.69, 9.17) is 4.74 Å². The van der Waals surface area contributed by atoms with E-state index in [0.717, 1.165) is 0 Å². The normalized spacial score (nSPS) is 16.6. The van der Waals surface area contributed by atoms with Crippen LogP contribution in [-0.4, -0.2) is 36.0 Å². The fourth-order valence-electron chi connectivity index (χ4n) is 2.27. The lowest BCUT2D eigenvalue weighted by Gasteiger charge is -2.42. The number of anilines is 1. The van der Waals surface area contributed by atoms with Crippen LogP contribution in [-0.2, 0) is 4.79 Å². The van der Waals surface area contributed by atoms with Crippen LogP contribution in [0.5, 0.6) is 5.75 Å². The zero-order chi connectivity index (χ0) is 14.9. The van der Waals surface area contributed by atoms with Gasteiger partial charge < -0.3 is 9.64 Å². The SMILES string of the molecule is COc1cccc(N2C(=O)CCN(C(C)(C)C)C2=O)c1. The average molecular weight is 276 g/mol. The van der Waals surface area contributed by atoms with Crippen molar-refractivity contribution in [3.63, 3.8) is 0 Å². The van der Waals surface area contributed by atoms with Crippen molar-refractivity contribution in [2.24, 2.45) is 0 Å². The van der Waals surface area contributed by atoms with Crippen molar-refractivity contribution in [3.8, 4) is 5.75 Å². The molecule has 5 heteroatoms. The summed E-state index contributed by atoms with van der Waals surface area (Å²) >= 11 is 0. The number of hydrogen-bond donors (Lipinski definition) is 0. The molecule has 0 saturated carbocycles. The third kappa shape index (κ3) is 2.61. The number of imide groups is 1. The van der Waals surface area contributed by atoms with Crippen LogP contribution < -0.4 is 9.64 Å². The summed E-state index contributed by atoms with van der Waals surface area (Å²) in [4.78, 5) is 27.6. The first-order valence-corrected chi connectivity index (χ1v) is 6.63. The first kappa shape index (κ1) is 14.4. The Morgan fingerprint density at radius 1 is 1.20 bits per heavy atom. The molecule has 1 saturated heterocycles. The summed E-state index contributed by atoms with van der Waals surface area (Å²) in [5.41, 5.74) is 0.239. The van der Waals surface area contributed by atoms with E-state index in [2.05, 4.69) is 0 Å². The number of rotatable bonds is 2. The number of carbonyl (C=O) groups is 2. The van der Waals surface area contributed by atoms with Gasteiger partial charge in [0.2, 0.25) is 5.91 Å². The van der Waals surface area contributed by atoms with Crippen LogP contribution in [0.1, 0.15) is 27.2 Å². The van der Waals surface area contributed by atoms with Crippen LogP contribution in [0.15, 0.2) is 24.3 Å². The summed E-state index contributed by atoms with van der Waals surface area (Å²) in [7, 11) is 1.56. The van der Waals surface area contributed by atoms with E-state index in [9.17, 15) is 9.59 Å². The minimum absolute atomic E-state index is 0.177. The second-order valence-electron chi connectivity index (χ2n) is 5.79. The van der Waals surface area contributed by atoms with Gasteiger partial charge in [-0.3, -0.25) is 4.79 Å². The first-order chi connectivity index (χ1) is 9.34. The van der Waals surface area contributed by atoms with E-state index < -0.39 is 0 Å². The highest BCUT2D eigenvalue weighted by atomic mass is 16.5. The first-order valence-electron chi connectivity index (χ1n) is 6.63. The van der Waals surface area contributed by atoms with Gasteiger partial charge in [-0.1, -0.05) is 6.07 Å². The zero-order valence-electron chi connectivity index (χ0n) is 12.3. The topological polar surface area (TPSA) is 49.9 Å².